The van der Waals surface area contributed by atoms with E-state index < -0.39 is 0 Å². The van der Waals surface area contributed by atoms with Crippen LogP contribution >= 0.6 is 0 Å². The van der Waals surface area contributed by atoms with E-state index in [-0.39, 0.29) is 18.1 Å². The van der Waals surface area contributed by atoms with Crippen LogP contribution < -0.4 is 10.1 Å². The first kappa shape index (κ1) is 15.2. The zero-order valence-electron chi connectivity index (χ0n) is 12.6. The van der Waals surface area contributed by atoms with E-state index in [0.717, 1.165) is 17.7 Å². The van der Waals surface area contributed by atoms with Crippen molar-refractivity contribution in [3.63, 3.8) is 0 Å². The minimum Gasteiger partial charge on any atom is -0.491 e. The molecule has 2 aromatic rings. The lowest BCUT2D eigenvalue weighted by Gasteiger charge is -2.14. The van der Waals surface area contributed by atoms with E-state index in [1.807, 2.05) is 39.0 Å². The Balaban J connectivity index is 1.90. The zero-order valence-corrected chi connectivity index (χ0v) is 12.6. The van der Waals surface area contributed by atoms with Crippen molar-refractivity contribution in [3.05, 3.63) is 54.0 Å². The lowest BCUT2D eigenvalue weighted by molar-refractivity contribution is 0.0940. The van der Waals surface area contributed by atoms with Gasteiger partial charge in [0.1, 0.15) is 5.75 Å². The average molecular weight is 287 g/mol. The standard InChI is InChI=1S/C17H21NO3/c1-12(2)21-16-6-4-15(5-7-16)17(19)18-13(3)10-14-8-9-20-11-14/h4-9,11-13H,10H2,1-3H3,(H,18,19). The molecular formula is C17H21NO3. The second-order valence-corrected chi connectivity index (χ2v) is 5.40. The highest BCUT2D eigenvalue weighted by Gasteiger charge is 2.11. The molecule has 0 bridgehead atoms. The second-order valence-electron chi connectivity index (χ2n) is 5.40. The normalized spacial score (nSPS) is 12.2. The van der Waals surface area contributed by atoms with E-state index in [0.29, 0.717) is 5.56 Å². The Labute approximate surface area is 125 Å². The molecule has 4 nitrogen and oxygen atoms in total. The Morgan fingerprint density at radius 3 is 2.48 bits per heavy atom. The van der Waals surface area contributed by atoms with Crippen LogP contribution in [-0.4, -0.2) is 18.1 Å². The van der Waals surface area contributed by atoms with E-state index in [9.17, 15) is 4.79 Å². The van der Waals surface area contributed by atoms with Gasteiger partial charge in [-0.2, -0.15) is 0 Å². The Morgan fingerprint density at radius 1 is 1.19 bits per heavy atom. The summed E-state index contributed by atoms with van der Waals surface area (Å²) in [6.07, 6.45) is 4.20. The number of hydrogen-bond acceptors (Lipinski definition) is 3. The Bertz CT molecular complexity index is 558. The van der Waals surface area contributed by atoms with Crippen molar-refractivity contribution < 1.29 is 13.9 Å². The summed E-state index contributed by atoms with van der Waals surface area (Å²) in [4.78, 5) is 12.1. The molecule has 1 heterocycles. The molecule has 112 valence electrons. The van der Waals surface area contributed by atoms with Crippen molar-refractivity contribution >= 4 is 5.91 Å². The summed E-state index contributed by atoms with van der Waals surface area (Å²) in [5, 5.41) is 2.97. The molecule has 1 aromatic carbocycles. The van der Waals surface area contributed by atoms with Gasteiger partial charge in [-0.1, -0.05) is 0 Å². The molecule has 0 fully saturated rings. The van der Waals surface area contributed by atoms with Crippen molar-refractivity contribution in [2.24, 2.45) is 0 Å². The largest absolute Gasteiger partial charge is 0.491 e. The lowest BCUT2D eigenvalue weighted by atomic mass is 10.1. The van der Waals surface area contributed by atoms with Crippen molar-refractivity contribution in [2.75, 3.05) is 0 Å². The van der Waals surface area contributed by atoms with E-state index in [4.69, 9.17) is 9.15 Å². The predicted octanol–water partition coefficient (Wildman–Crippen LogP) is 3.43. The smallest absolute Gasteiger partial charge is 0.251 e. The molecule has 0 aliphatic rings. The van der Waals surface area contributed by atoms with Gasteiger partial charge in [-0.3, -0.25) is 4.79 Å². The molecule has 1 N–H and O–H groups in total. The molecule has 2 rings (SSSR count). The number of amides is 1. The summed E-state index contributed by atoms with van der Waals surface area (Å²) >= 11 is 0. The van der Waals surface area contributed by atoms with Crippen molar-refractivity contribution in [1.29, 1.82) is 0 Å². The summed E-state index contributed by atoms with van der Waals surface area (Å²) < 4.78 is 10.6. The van der Waals surface area contributed by atoms with E-state index in [1.54, 1.807) is 24.7 Å². The van der Waals surface area contributed by atoms with Gasteiger partial charge in [0.2, 0.25) is 0 Å². The SMILES string of the molecule is CC(Cc1ccoc1)NC(=O)c1ccc(OC(C)C)cc1. The maximum Gasteiger partial charge on any atom is 0.251 e. The van der Waals surface area contributed by atoms with Crippen LogP contribution in [0.2, 0.25) is 0 Å². The first-order chi connectivity index (χ1) is 10.0. The number of hydrogen-bond donors (Lipinski definition) is 1. The molecule has 0 saturated carbocycles. The number of rotatable bonds is 6. The topological polar surface area (TPSA) is 51.5 Å². The first-order valence-corrected chi connectivity index (χ1v) is 7.13. The van der Waals surface area contributed by atoms with E-state index in [2.05, 4.69) is 5.32 Å². The quantitative estimate of drug-likeness (QED) is 0.885. The van der Waals surface area contributed by atoms with E-state index >= 15 is 0 Å². The van der Waals surface area contributed by atoms with Gasteiger partial charge in [-0.15, -0.1) is 0 Å². The molecule has 21 heavy (non-hydrogen) atoms. The van der Waals surface area contributed by atoms with Crippen molar-refractivity contribution in [1.82, 2.24) is 5.32 Å². The van der Waals surface area contributed by atoms with Crippen molar-refractivity contribution in [3.8, 4) is 5.75 Å². The highest BCUT2D eigenvalue weighted by atomic mass is 16.5. The van der Waals surface area contributed by atoms with Crippen LogP contribution in [0.15, 0.2) is 47.3 Å². The summed E-state index contributed by atoms with van der Waals surface area (Å²) in [6.45, 7) is 5.91. The van der Waals surface area contributed by atoms with Gasteiger partial charge in [0, 0.05) is 11.6 Å². The number of carbonyl (C=O) groups is 1. The Morgan fingerprint density at radius 2 is 1.90 bits per heavy atom. The monoisotopic (exact) mass is 287 g/mol. The fourth-order valence-electron chi connectivity index (χ4n) is 2.08. The van der Waals surface area contributed by atoms with Crippen LogP contribution in [0.3, 0.4) is 0 Å². The fourth-order valence-corrected chi connectivity index (χ4v) is 2.08. The number of furan rings is 1. The number of benzene rings is 1. The summed E-state index contributed by atoms with van der Waals surface area (Å²) in [5.74, 6) is 0.690. The van der Waals surface area contributed by atoms with Gasteiger partial charge >= 0.3 is 0 Å². The number of carbonyl (C=O) groups excluding carboxylic acids is 1. The van der Waals surface area contributed by atoms with Gasteiger partial charge in [0.15, 0.2) is 0 Å². The Hall–Kier alpha value is -2.23. The predicted molar refractivity (Wildman–Crippen MR) is 81.5 cm³/mol. The molecule has 4 heteroatoms. The molecule has 0 spiro atoms. The highest BCUT2D eigenvalue weighted by Crippen LogP contribution is 2.14. The molecule has 0 saturated heterocycles. The second kappa shape index (κ2) is 6.97. The molecule has 0 aliphatic heterocycles. The van der Waals surface area contributed by atoms with Crippen molar-refractivity contribution in [2.45, 2.75) is 39.3 Å². The molecule has 1 amide bonds. The van der Waals surface area contributed by atoms with Gasteiger partial charge in [0.25, 0.3) is 5.91 Å². The minimum atomic E-state index is -0.0814. The lowest BCUT2D eigenvalue weighted by Crippen LogP contribution is -2.33. The van der Waals surface area contributed by atoms with Gasteiger partial charge in [0.05, 0.1) is 18.6 Å². The third-order valence-corrected chi connectivity index (χ3v) is 2.99. The maximum absolute atomic E-state index is 12.1. The maximum atomic E-state index is 12.1. The molecular weight excluding hydrogens is 266 g/mol. The van der Waals surface area contributed by atoms with Crippen LogP contribution in [0.1, 0.15) is 36.7 Å². The molecule has 1 unspecified atom stereocenters. The molecule has 1 aromatic heterocycles. The van der Waals surface area contributed by atoms with Crippen LogP contribution in [-0.2, 0) is 6.42 Å². The fraction of sp³-hybridized carbons (Fsp3) is 0.353. The summed E-state index contributed by atoms with van der Waals surface area (Å²) in [6, 6.07) is 9.13. The van der Waals surface area contributed by atoms with Gasteiger partial charge in [-0.05, 0) is 63.1 Å². The first-order valence-electron chi connectivity index (χ1n) is 7.13. The summed E-state index contributed by atoms with van der Waals surface area (Å²) in [5.41, 5.74) is 1.70. The Kier molecular flexibility index (Phi) is 5.04. The summed E-state index contributed by atoms with van der Waals surface area (Å²) in [7, 11) is 0. The van der Waals surface area contributed by atoms with E-state index in [1.165, 1.54) is 0 Å². The number of nitrogens with one attached hydrogen (secondary N) is 1. The van der Waals surface area contributed by atoms with Crippen LogP contribution in [0.5, 0.6) is 5.75 Å². The third-order valence-electron chi connectivity index (χ3n) is 2.99. The van der Waals surface area contributed by atoms with Crippen LogP contribution in [0, 0.1) is 0 Å². The molecule has 0 aliphatic carbocycles. The highest BCUT2D eigenvalue weighted by molar-refractivity contribution is 5.94. The third kappa shape index (κ3) is 4.67. The van der Waals surface area contributed by atoms with Gasteiger partial charge < -0.3 is 14.5 Å². The average Bonchev–Trinajstić information content (AvgIpc) is 2.91. The molecule has 1 atom stereocenters. The minimum absolute atomic E-state index is 0.0432. The van der Waals surface area contributed by atoms with Crippen LogP contribution in [0.4, 0.5) is 0 Å². The van der Waals surface area contributed by atoms with Gasteiger partial charge in [-0.25, -0.2) is 0 Å². The molecule has 0 radical (unpaired) electrons. The number of ether oxygens (including phenoxy) is 1. The zero-order chi connectivity index (χ0) is 15.2. The van der Waals surface area contributed by atoms with Crippen LogP contribution in [0.25, 0.3) is 0 Å².